The van der Waals surface area contributed by atoms with Crippen LogP contribution in [0.15, 0.2) is 16.3 Å². The summed E-state index contributed by atoms with van der Waals surface area (Å²) in [5, 5.41) is 4.99. The highest BCUT2D eigenvalue weighted by atomic mass is 32.2. The van der Waals surface area contributed by atoms with E-state index in [0.29, 0.717) is 11.4 Å². The van der Waals surface area contributed by atoms with Crippen LogP contribution in [0.25, 0.3) is 0 Å². The summed E-state index contributed by atoms with van der Waals surface area (Å²) in [5.41, 5.74) is 0. The van der Waals surface area contributed by atoms with Crippen LogP contribution >= 0.6 is 11.3 Å². The fraction of sp³-hybridized carbons (Fsp3) is 0.556. The van der Waals surface area contributed by atoms with Crippen molar-refractivity contribution in [3.63, 3.8) is 0 Å². The van der Waals surface area contributed by atoms with Crippen molar-refractivity contribution in [2.45, 2.75) is 24.8 Å². The van der Waals surface area contributed by atoms with E-state index in [1.54, 1.807) is 11.4 Å². The molecule has 0 unspecified atom stereocenters. The van der Waals surface area contributed by atoms with E-state index in [-0.39, 0.29) is 0 Å². The van der Waals surface area contributed by atoms with Gasteiger partial charge in [-0.2, -0.15) is 0 Å². The van der Waals surface area contributed by atoms with Gasteiger partial charge in [0.15, 0.2) is 0 Å². The Morgan fingerprint density at radius 2 is 2.20 bits per heavy atom. The van der Waals surface area contributed by atoms with Crippen molar-refractivity contribution in [2.75, 3.05) is 13.6 Å². The zero-order valence-corrected chi connectivity index (χ0v) is 10.5. The van der Waals surface area contributed by atoms with Gasteiger partial charge in [-0.15, -0.1) is 11.3 Å². The molecule has 0 aromatic carbocycles. The Labute approximate surface area is 94.8 Å². The molecule has 0 saturated carbocycles. The predicted octanol–water partition coefficient (Wildman–Crippen LogP) is 1.16. The average molecular weight is 248 g/mol. The highest BCUT2D eigenvalue weighted by Gasteiger charge is 2.16. The molecular formula is C9H16N2O2S2. The van der Waals surface area contributed by atoms with E-state index in [1.165, 1.54) is 18.4 Å². The molecule has 0 aliphatic carbocycles. The number of sulfonamides is 1. The molecule has 0 aliphatic heterocycles. The maximum Gasteiger partial charge on any atom is 0.241 e. The van der Waals surface area contributed by atoms with E-state index in [0.717, 1.165) is 17.8 Å². The van der Waals surface area contributed by atoms with Gasteiger partial charge >= 0.3 is 0 Å². The molecule has 1 aromatic heterocycles. The maximum atomic E-state index is 11.6. The van der Waals surface area contributed by atoms with E-state index >= 15 is 0 Å². The smallest absolute Gasteiger partial charge is 0.241 e. The van der Waals surface area contributed by atoms with Gasteiger partial charge in [-0.1, -0.05) is 6.92 Å². The second-order valence-electron chi connectivity index (χ2n) is 3.09. The molecule has 0 spiro atoms. The van der Waals surface area contributed by atoms with Gasteiger partial charge in [-0.05, 0) is 31.5 Å². The maximum absolute atomic E-state index is 11.6. The van der Waals surface area contributed by atoms with Gasteiger partial charge in [0.1, 0.15) is 0 Å². The summed E-state index contributed by atoms with van der Waals surface area (Å²) in [4.78, 5) is 1.25. The van der Waals surface area contributed by atoms with Crippen molar-refractivity contribution in [3.05, 3.63) is 16.3 Å². The Morgan fingerprint density at radius 3 is 2.80 bits per heavy atom. The summed E-state index contributed by atoms with van der Waals surface area (Å²) in [6, 6.07) is 1.64. The lowest BCUT2D eigenvalue weighted by Crippen LogP contribution is -2.21. The topological polar surface area (TPSA) is 58.2 Å². The number of rotatable bonds is 6. The largest absolute Gasteiger partial charge is 0.312 e. The van der Waals surface area contributed by atoms with Crippen LogP contribution in [0, 0.1) is 0 Å². The SMILES string of the molecule is CCCNCc1sccc1S(=O)(=O)NC. The standard InChI is InChI=1S/C9H16N2O2S2/c1-3-5-11-7-8-9(4-6-14-8)15(12,13)10-2/h4,6,10-11H,3,5,7H2,1-2H3. The highest BCUT2D eigenvalue weighted by molar-refractivity contribution is 7.89. The molecule has 0 aliphatic rings. The normalized spacial score (nSPS) is 11.9. The van der Waals surface area contributed by atoms with E-state index in [9.17, 15) is 8.42 Å². The van der Waals surface area contributed by atoms with Gasteiger partial charge in [-0.25, -0.2) is 13.1 Å². The molecule has 1 aromatic rings. The van der Waals surface area contributed by atoms with E-state index in [4.69, 9.17) is 0 Å². The lowest BCUT2D eigenvalue weighted by Gasteiger charge is -2.05. The predicted molar refractivity (Wildman–Crippen MR) is 62.6 cm³/mol. The Hall–Kier alpha value is -0.430. The zero-order valence-electron chi connectivity index (χ0n) is 8.91. The summed E-state index contributed by atoms with van der Waals surface area (Å²) < 4.78 is 25.5. The molecule has 6 heteroatoms. The fourth-order valence-corrected chi connectivity index (χ4v) is 3.32. The molecule has 1 heterocycles. The van der Waals surface area contributed by atoms with Crippen molar-refractivity contribution in [1.29, 1.82) is 0 Å². The van der Waals surface area contributed by atoms with Crippen molar-refractivity contribution in [2.24, 2.45) is 0 Å². The summed E-state index contributed by atoms with van der Waals surface area (Å²) in [7, 11) is -1.88. The summed E-state index contributed by atoms with van der Waals surface area (Å²) in [6.45, 7) is 3.59. The third-order valence-corrected chi connectivity index (χ3v) is 4.52. The van der Waals surface area contributed by atoms with Crippen LogP contribution in [0.5, 0.6) is 0 Å². The van der Waals surface area contributed by atoms with Crippen molar-refractivity contribution >= 4 is 21.4 Å². The second kappa shape index (κ2) is 5.60. The van der Waals surface area contributed by atoms with Gasteiger partial charge in [-0.3, -0.25) is 0 Å². The van der Waals surface area contributed by atoms with E-state index < -0.39 is 10.0 Å². The van der Waals surface area contributed by atoms with Crippen LogP contribution in [0.2, 0.25) is 0 Å². The molecule has 15 heavy (non-hydrogen) atoms. The van der Waals surface area contributed by atoms with Crippen molar-refractivity contribution in [3.8, 4) is 0 Å². The van der Waals surface area contributed by atoms with Crippen LogP contribution in [0.4, 0.5) is 0 Å². The Kier molecular flexibility index (Phi) is 4.72. The molecule has 4 nitrogen and oxygen atoms in total. The van der Waals surface area contributed by atoms with Gasteiger partial charge in [0.05, 0.1) is 4.90 Å². The van der Waals surface area contributed by atoms with Gasteiger partial charge in [0.25, 0.3) is 0 Å². The molecular weight excluding hydrogens is 232 g/mol. The van der Waals surface area contributed by atoms with Crippen LogP contribution in [0.3, 0.4) is 0 Å². The molecule has 0 amide bonds. The minimum Gasteiger partial charge on any atom is -0.312 e. The molecule has 2 N–H and O–H groups in total. The van der Waals surface area contributed by atoms with Crippen LogP contribution in [0.1, 0.15) is 18.2 Å². The third kappa shape index (κ3) is 3.27. The van der Waals surface area contributed by atoms with Gasteiger partial charge in [0.2, 0.25) is 10.0 Å². The summed E-state index contributed by atoms with van der Waals surface area (Å²) >= 11 is 1.46. The molecule has 1 rings (SSSR count). The lowest BCUT2D eigenvalue weighted by atomic mass is 10.4. The number of thiophene rings is 1. The monoisotopic (exact) mass is 248 g/mol. The third-order valence-electron chi connectivity index (χ3n) is 1.98. The van der Waals surface area contributed by atoms with Gasteiger partial charge < -0.3 is 5.32 Å². The first-order chi connectivity index (χ1) is 7.11. The first-order valence-electron chi connectivity index (χ1n) is 4.82. The average Bonchev–Trinajstić information content (AvgIpc) is 2.67. The van der Waals surface area contributed by atoms with Crippen LogP contribution in [-0.4, -0.2) is 22.0 Å². The first-order valence-corrected chi connectivity index (χ1v) is 7.18. The van der Waals surface area contributed by atoms with Crippen LogP contribution < -0.4 is 10.0 Å². The molecule has 0 radical (unpaired) electrons. The highest BCUT2D eigenvalue weighted by Crippen LogP contribution is 2.21. The van der Waals surface area contributed by atoms with Crippen molar-refractivity contribution < 1.29 is 8.42 Å². The number of nitrogens with one attached hydrogen (secondary N) is 2. The zero-order chi connectivity index (χ0) is 11.3. The van der Waals surface area contributed by atoms with Crippen molar-refractivity contribution in [1.82, 2.24) is 10.0 Å². The Morgan fingerprint density at radius 1 is 1.47 bits per heavy atom. The van der Waals surface area contributed by atoms with E-state index in [2.05, 4.69) is 17.0 Å². The van der Waals surface area contributed by atoms with Gasteiger partial charge in [0, 0.05) is 11.4 Å². The Bertz CT molecular complexity index is 398. The Balaban J connectivity index is 2.78. The molecule has 0 saturated heterocycles. The molecule has 0 fully saturated rings. The lowest BCUT2D eigenvalue weighted by molar-refractivity contribution is 0.586. The summed E-state index contributed by atoms with van der Waals surface area (Å²) in [6.07, 6.45) is 1.04. The minimum absolute atomic E-state index is 0.388. The van der Waals surface area contributed by atoms with Crippen LogP contribution in [-0.2, 0) is 16.6 Å². The first kappa shape index (κ1) is 12.6. The number of hydrogen-bond donors (Lipinski definition) is 2. The van der Waals surface area contributed by atoms with E-state index in [1.807, 2.05) is 0 Å². The minimum atomic E-state index is -3.30. The molecule has 0 bridgehead atoms. The number of hydrogen-bond acceptors (Lipinski definition) is 4. The summed E-state index contributed by atoms with van der Waals surface area (Å²) in [5.74, 6) is 0. The quantitative estimate of drug-likeness (QED) is 0.743. The molecule has 86 valence electrons. The second-order valence-corrected chi connectivity index (χ2v) is 5.95. The molecule has 0 atom stereocenters. The fourth-order valence-electron chi connectivity index (χ4n) is 1.19.